The van der Waals surface area contributed by atoms with Crippen LogP contribution in [0.25, 0.3) is 0 Å². The van der Waals surface area contributed by atoms with Crippen LogP contribution in [0.1, 0.15) is 13.3 Å². The SMILES string of the molecule is CC(CN)N(C)C(=O)C1CC(=O)N(c2cccc(Br)c2)C1. The number of rotatable bonds is 4. The molecule has 0 radical (unpaired) electrons. The predicted molar refractivity (Wildman–Crippen MR) is 85.9 cm³/mol. The molecule has 21 heavy (non-hydrogen) atoms. The predicted octanol–water partition coefficient (Wildman–Crippen LogP) is 1.61. The number of halogens is 1. The minimum Gasteiger partial charge on any atom is -0.341 e. The van der Waals surface area contributed by atoms with E-state index in [9.17, 15) is 9.59 Å². The number of likely N-dealkylation sites (N-methyl/N-ethyl adjacent to an activating group) is 1. The van der Waals surface area contributed by atoms with E-state index in [1.54, 1.807) is 16.8 Å². The Hall–Kier alpha value is -1.40. The molecule has 114 valence electrons. The zero-order valence-electron chi connectivity index (χ0n) is 12.3. The highest BCUT2D eigenvalue weighted by Gasteiger charge is 2.37. The molecule has 2 atom stereocenters. The molecule has 1 heterocycles. The van der Waals surface area contributed by atoms with Crippen molar-refractivity contribution < 1.29 is 9.59 Å². The Morgan fingerprint density at radius 1 is 1.57 bits per heavy atom. The molecular weight excluding hydrogens is 334 g/mol. The average Bonchev–Trinajstić information content (AvgIpc) is 2.86. The van der Waals surface area contributed by atoms with Crippen molar-refractivity contribution in [3.05, 3.63) is 28.7 Å². The fourth-order valence-electron chi connectivity index (χ4n) is 2.43. The third kappa shape index (κ3) is 3.44. The maximum absolute atomic E-state index is 12.4. The van der Waals surface area contributed by atoms with Crippen molar-refractivity contribution in [2.75, 3.05) is 25.0 Å². The zero-order chi connectivity index (χ0) is 15.6. The third-order valence-electron chi connectivity index (χ3n) is 3.94. The van der Waals surface area contributed by atoms with Gasteiger partial charge in [-0.1, -0.05) is 22.0 Å². The van der Waals surface area contributed by atoms with Crippen LogP contribution in [0.2, 0.25) is 0 Å². The van der Waals surface area contributed by atoms with Crippen LogP contribution in [0.4, 0.5) is 5.69 Å². The van der Waals surface area contributed by atoms with Crippen LogP contribution < -0.4 is 10.6 Å². The normalized spacial score (nSPS) is 19.7. The second kappa shape index (κ2) is 6.58. The third-order valence-corrected chi connectivity index (χ3v) is 4.44. The van der Waals surface area contributed by atoms with E-state index in [0.717, 1.165) is 10.2 Å². The first-order valence-electron chi connectivity index (χ1n) is 6.96. The van der Waals surface area contributed by atoms with Gasteiger partial charge in [-0.15, -0.1) is 0 Å². The number of amides is 2. The maximum Gasteiger partial charge on any atom is 0.228 e. The van der Waals surface area contributed by atoms with Crippen LogP contribution in [0.5, 0.6) is 0 Å². The van der Waals surface area contributed by atoms with Gasteiger partial charge in [0.05, 0.1) is 5.92 Å². The van der Waals surface area contributed by atoms with E-state index in [2.05, 4.69) is 15.9 Å². The summed E-state index contributed by atoms with van der Waals surface area (Å²) in [6.07, 6.45) is 0.257. The summed E-state index contributed by atoms with van der Waals surface area (Å²) in [7, 11) is 1.74. The van der Waals surface area contributed by atoms with Crippen molar-refractivity contribution in [3.8, 4) is 0 Å². The number of nitrogens with zero attached hydrogens (tertiary/aromatic N) is 2. The van der Waals surface area contributed by atoms with Crippen LogP contribution in [-0.4, -0.2) is 42.9 Å². The summed E-state index contributed by atoms with van der Waals surface area (Å²) in [6, 6.07) is 7.53. The Morgan fingerprint density at radius 3 is 2.90 bits per heavy atom. The van der Waals surface area contributed by atoms with Crippen LogP contribution in [0.3, 0.4) is 0 Å². The van der Waals surface area contributed by atoms with Crippen LogP contribution in [0.15, 0.2) is 28.7 Å². The van der Waals surface area contributed by atoms with E-state index < -0.39 is 0 Å². The summed E-state index contributed by atoms with van der Waals surface area (Å²) < 4.78 is 0.913. The number of nitrogens with two attached hydrogens (primary N) is 1. The molecule has 0 bridgehead atoms. The van der Waals surface area contributed by atoms with Gasteiger partial charge >= 0.3 is 0 Å². The molecule has 1 aromatic rings. The lowest BCUT2D eigenvalue weighted by Gasteiger charge is -2.26. The molecule has 0 spiro atoms. The Labute approximate surface area is 133 Å². The highest BCUT2D eigenvalue weighted by Crippen LogP contribution is 2.28. The molecule has 2 rings (SSSR count). The summed E-state index contributed by atoms with van der Waals surface area (Å²) >= 11 is 3.40. The minimum absolute atomic E-state index is 0.0137. The highest BCUT2D eigenvalue weighted by molar-refractivity contribution is 9.10. The Balaban J connectivity index is 2.11. The smallest absolute Gasteiger partial charge is 0.228 e. The number of carbonyl (C=O) groups is 2. The lowest BCUT2D eigenvalue weighted by atomic mass is 10.1. The van der Waals surface area contributed by atoms with Gasteiger partial charge in [0.25, 0.3) is 0 Å². The molecule has 1 aliphatic heterocycles. The monoisotopic (exact) mass is 353 g/mol. The maximum atomic E-state index is 12.4. The van der Waals surface area contributed by atoms with Crippen molar-refractivity contribution in [1.29, 1.82) is 0 Å². The molecule has 2 unspecified atom stereocenters. The Bertz CT molecular complexity index is 549. The first-order chi connectivity index (χ1) is 9.93. The molecule has 1 fully saturated rings. The van der Waals surface area contributed by atoms with Gasteiger partial charge < -0.3 is 15.5 Å². The van der Waals surface area contributed by atoms with E-state index in [1.165, 1.54) is 0 Å². The zero-order valence-corrected chi connectivity index (χ0v) is 13.8. The number of anilines is 1. The summed E-state index contributed by atoms with van der Waals surface area (Å²) in [5.41, 5.74) is 6.41. The van der Waals surface area contributed by atoms with E-state index >= 15 is 0 Å². The lowest BCUT2D eigenvalue weighted by Crippen LogP contribution is -2.43. The summed E-state index contributed by atoms with van der Waals surface area (Å²) in [4.78, 5) is 27.9. The van der Waals surface area contributed by atoms with Crippen LogP contribution in [0, 0.1) is 5.92 Å². The molecule has 1 aromatic carbocycles. The van der Waals surface area contributed by atoms with Gasteiger partial charge in [0.2, 0.25) is 11.8 Å². The molecule has 0 aliphatic carbocycles. The second-order valence-electron chi connectivity index (χ2n) is 5.42. The first-order valence-corrected chi connectivity index (χ1v) is 7.76. The van der Waals surface area contributed by atoms with Crippen molar-refractivity contribution >= 4 is 33.4 Å². The quantitative estimate of drug-likeness (QED) is 0.893. The molecule has 1 saturated heterocycles. The van der Waals surface area contributed by atoms with E-state index in [4.69, 9.17) is 5.73 Å². The second-order valence-corrected chi connectivity index (χ2v) is 6.33. The minimum atomic E-state index is -0.296. The molecular formula is C15H20BrN3O2. The summed E-state index contributed by atoms with van der Waals surface area (Å²) in [5.74, 6) is -0.325. The number of hydrogen-bond acceptors (Lipinski definition) is 3. The standard InChI is InChI=1S/C15H20BrN3O2/c1-10(8-17)18(2)15(21)11-6-14(20)19(9-11)13-5-3-4-12(16)7-13/h3-5,7,10-11H,6,8-9,17H2,1-2H3. The first kappa shape index (κ1) is 16.0. The lowest BCUT2D eigenvalue weighted by molar-refractivity contribution is -0.136. The van der Waals surface area contributed by atoms with E-state index in [0.29, 0.717) is 13.1 Å². The topological polar surface area (TPSA) is 66.6 Å². The fourth-order valence-corrected chi connectivity index (χ4v) is 2.82. The van der Waals surface area contributed by atoms with E-state index in [1.807, 2.05) is 31.2 Å². The fraction of sp³-hybridized carbons (Fsp3) is 0.467. The van der Waals surface area contributed by atoms with Crippen molar-refractivity contribution in [3.63, 3.8) is 0 Å². The molecule has 6 heteroatoms. The number of carbonyl (C=O) groups excluding carboxylic acids is 2. The van der Waals surface area contributed by atoms with Crippen LogP contribution >= 0.6 is 15.9 Å². The van der Waals surface area contributed by atoms with Gasteiger partial charge in [-0.05, 0) is 25.1 Å². The van der Waals surface area contributed by atoms with Crippen LogP contribution in [-0.2, 0) is 9.59 Å². The molecule has 1 aliphatic rings. The molecule has 2 amide bonds. The average molecular weight is 354 g/mol. The summed E-state index contributed by atoms with van der Waals surface area (Å²) in [6.45, 7) is 2.74. The Kier molecular flexibility index (Phi) is 5.00. The van der Waals surface area contributed by atoms with Gasteiger partial charge in [0, 0.05) is 42.8 Å². The van der Waals surface area contributed by atoms with Gasteiger partial charge in [-0.3, -0.25) is 9.59 Å². The van der Waals surface area contributed by atoms with Gasteiger partial charge in [-0.25, -0.2) is 0 Å². The largest absolute Gasteiger partial charge is 0.341 e. The van der Waals surface area contributed by atoms with Gasteiger partial charge in [0.1, 0.15) is 0 Å². The van der Waals surface area contributed by atoms with E-state index in [-0.39, 0.29) is 30.2 Å². The Morgan fingerprint density at radius 2 is 2.29 bits per heavy atom. The molecule has 0 aromatic heterocycles. The van der Waals surface area contributed by atoms with Crippen molar-refractivity contribution in [2.45, 2.75) is 19.4 Å². The molecule has 2 N–H and O–H groups in total. The summed E-state index contributed by atoms with van der Waals surface area (Å²) in [5, 5.41) is 0. The van der Waals surface area contributed by atoms with Crippen molar-refractivity contribution in [1.82, 2.24) is 4.90 Å². The highest BCUT2D eigenvalue weighted by atomic mass is 79.9. The van der Waals surface area contributed by atoms with Gasteiger partial charge in [-0.2, -0.15) is 0 Å². The number of benzene rings is 1. The molecule has 5 nitrogen and oxygen atoms in total. The number of hydrogen-bond donors (Lipinski definition) is 1. The molecule has 0 saturated carbocycles. The van der Waals surface area contributed by atoms with Gasteiger partial charge in [0.15, 0.2) is 0 Å². The van der Waals surface area contributed by atoms with Crippen molar-refractivity contribution in [2.24, 2.45) is 11.7 Å².